The summed E-state index contributed by atoms with van der Waals surface area (Å²) in [5, 5.41) is 13.8. The molecule has 37 heavy (non-hydrogen) atoms. The standard InChI is InChI=1S/C28H30N6O3/c35-28(36)33-10-8-23(9-11-33)34-19-22(16-30-34)26-17-29-25-3-1-2-24(27(25)31-26)21-6-4-20(5-7-21)18-32-12-14-37-15-13-32/h1-7,16-17,19,23H,8-15,18H2,(H,35,36). The fraction of sp³-hybridized carbons (Fsp3) is 0.357. The Balaban J connectivity index is 1.23. The van der Waals surface area contributed by atoms with Crippen molar-refractivity contribution in [3.8, 4) is 22.4 Å². The highest BCUT2D eigenvalue weighted by Crippen LogP contribution is 2.30. The zero-order chi connectivity index (χ0) is 25.2. The van der Waals surface area contributed by atoms with Crippen LogP contribution in [0.2, 0.25) is 0 Å². The second-order valence-electron chi connectivity index (χ2n) is 9.72. The number of aromatic nitrogens is 4. The van der Waals surface area contributed by atoms with Crippen molar-refractivity contribution >= 4 is 17.1 Å². The highest BCUT2D eigenvalue weighted by molar-refractivity contribution is 5.92. The van der Waals surface area contributed by atoms with Crippen LogP contribution in [0.25, 0.3) is 33.4 Å². The molecule has 9 heteroatoms. The maximum absolute atomic E-state index is 11.2. The van der Waals surface area contributed by atoms with Gasteiger partial charge in [-0.25, -0.2) is 9.78 Å². The number of piperidine rings is 1. The first-order chi connectivity index (χ1) is 18.1. The number of hydrogen-bond acceptors (Lipinski definition) is 6. The molecule has 0 radical (unpaired) electrons. The lowest BCUT2D eigenvalue weighted by Crippen LogP contribution is -2.38. The minimum atomic E-state index is -0.853. The van der Waals surface area contributed by atoms with Crippen LogP contribution >= 0.6 is 0 Å². The van der Waals surface area contributed by atoms with Gasteiger partial charge in [-0.2, -0.15) is 5.10 Å². The molecule has 0 spiro atoms. The van der Waals surface area contributed by atoms with E-state index >= 15 is 0 Å². The lowest BCUT2D eigenvalue weighted by molar-refractivity contribution is 0.0342. The van der Waals surface area contributed by atoms with Crippen LogP contribution in [-0.2, 0) is 11.3 Å². The Morgan fingerprint density at radius 3 is 2.51 bits per heavy atom. The molecule has 0 aliphatic carbocycles. The van der Waals surface area contributed by atoms with Gasteiger partial charge in [0.15, 0.2) is 0 Å². The fourth-order valence-corrected chi connectivity index (χ4v) is 5.20. The fourth-order valence-electron chi connectivity index (χ4n) is 5.20. The number of amides is 1. The van der Waals surface area contributed by atoms with Gasteiger partial charge in [-0.1, -0.05) is 36.4 Å². The molecule has 2 saturated heterocycles. The average molecular weight is 499 g/mol. The van der Waals surface area contributed by atoms with Crippen molar-refractivity contribution in [1.29, 1.82) is 0 Å². The predicted molar refractivity (Wildman–Crippen MR) is 140 cm³/mol. The van der Waals surface area contributed by atoms with Crippen molar-refractivity contribution in [2.75, 3.05) is 39.4 Å². The molecule has 2 aromatic heterocycles. The van der Waals surface area contributed by atoms with Crippen LogP contribution in [0.15, 0.2) is 61.1 Å². The first-order valence-electron chi connectivity index (χ1n) is 12.8. The third-order valence-corrected chi connectivity index (χ3v) is 7.35. The summed E-state index contributed by atoms with van der Waals surface area (Å²) in [5.41, 5.74) is 6.86. The van der Waals surface area contributed by atoms with Crippen molar-refractivity contribution in [1.82, 2.24) is 29.5 Å². The molecule has 2 aliphatic rings. The van der Waals surface area contributed by atoms with Gasteiger partial charge in [0.1, 0.15) is 0 Å². The summed E-state index contributed by atoms with van der Waals surface area (Å²) in [7, 11) is 0. The molecular formula is C28H30N6O3. The zero-order valence-electron chi connectivity index (χ0n) is 20.7. The SMILES string of the molecule is O=C(O)N1CCC(n2cc(-c3cnc4cccc(-c5ccc(CN6CCOCC6)cc5)c4n3)cn2)CC1. The Hall–Kier alpha value is -3.82. The van der Waals surface area contributed by atoms with E-state index in [4.69, 9.17) is 14.7 Å². The Bertz CT molecular complexity index is 1390. The third-order valence-electron chi connectivity index (χ3n) is 7.35. The summed E-state index contributed by atoms with van der Waals surface area (Å²) in [6, 6.07) is 15.0. The monoisotopic (exact) mass is 498 g/mol. The van der Waals surface area contributed by atoms with Gasteiger partial charge in [-0.15, -0.1) is 0 Å². The van der Waals surface area contributed by atoms with Crippen molar-refractivity contribution < 1.29 is 14.6 Å². The van der Waals surface area contributed by atoms with Crippen LogP contribution in [-0.4, -0.2) is 80.1 Å². The molecule has 2 fully saturated rings. The largest absolute Gasteiger partial charge is 0.465 e. The number of para-hydroxylation sites is 1. The van der Waals surface area contributed by atoms with E-state index in [0.29, 0.717) is 13.1 Å². The minimum Gasteiger partial charge on any atom is -0.465 e. The lowest BCUT2D eigenvalue weighted by Gasteiger charge is -2.29. The molecule has 9 nitrogen and oxygen atoms in total. The van der Waals surface area contributed by atoms with Crippen molar-refractivity contribution in [3.63, 3.8) is 0 Å². The van der Waals surface area contributed by atoms with E-state index in [1.807, 2.05) is 29.2 Å². The summed E-state index contributed by atoms with van der Waals surface area (Å²) in [6.07, 6.45) is 6.27. The van der Waals surface area contributed by atoms with E-state index in [0.717, 1.165) is 79.1 Å². The van der Waals surface area contributed by atoms with Crippen LogP contribution in [0.4, 0.5) is 4.79 Å². The second-order valence-corrected chi connectivity index (χ2v) is 9.72. The maximum Gasteiger partial charge on any atom is 0.407 e. The highest BCUT2D eigenvalue weighted by atomic mass is 16.5. The van der Waals surface area contributed by atoms with E-state index in [1.165, 1.54) is 10.5 Å². The molecule has 4 aromatic rings. The Morgan fingerprint density at radius 2 is 1.76 bits per heavy atom. The number of carboxylic acid groups (broad SMARTS) is 1. The summed E-state index contributed by atoms with van der Waals surface area (Å²) < 4.78 is 7.40. The summed E-state index contributed by atoms with van der Waals surface area (Å²) >= 11 is 0. The molecule has 1 amide bonds. The molecule has 0 unspecified atom stereocenters. The molecule has 2 aromatic carbocycles. The van der Waals surface area contributed by atoms with Gasteiger partial charge in [-0.3, -0.25) is 14.6 Å². The van der Waals surface area contributed by atoms with Gasteiger partial charge < -0.3 is 14.7 Å². The normalized spacial score (nSPS) is 17.4. The highest BCUT2D eigenvalue weighted by Gasteiger charge is 2.24. The van der Waals surface area contributed by atoms with E-state index in [2.05, 4.69) is 40.3 Å². The summed E-state index contributed by atoms with van der Waals surface area (Å²) in [6.45, 7) is 5.54. The number of hydrogen-bond donors (Lipinski definition) is 1. The maximum atomic E-state index is 11.2. The molecule has 4 heterocycles. The Morgan fingerprint density at radius 1 is 0.973 bits per heavy atom. The van der Waals surface area contributed by atoms with Crippen LogP contribution in [0.3, 0.4) is 0 Å². The number of morpholine rings is 1. The topological polar surface area (TPSA) is 96.6 Å². The van der Waals surface area contributed by atoms with E-state index in [9.17, 15) is 9.90 Å². The summed E-state index contributed by atoms with van der Waals surface area (Å²) in [5.74, 6) is 0. The van der Waals surface area contributed by atoms with Gasteiger partial charge >= 0.3 is 6.09 Å². The number of likely N-dealkylation sites (tertiary alicyclic amines) is 1. The van der Waals surface area contributed by atoms with Crippen LogP contribution < -0.4 is 0 Å². The molecule has 0 atom stereocenters. The molecule has 2 aliphatic heterocycles. The van der Waals surface area contributed by atoms with Crippen LogP contribution in [0.5, 0.6) is 0 Å². The predicted octanol–water partition coefficient (Wildman–Crippen LogP) is 4.31. The van der Waals surface area contributed by atoms with Crippen LogP contribution in [0, 0.1) is 0 Å². The molecule has 1 N–H and O–H groups in total. The number of fused-ring (bicyclic) bond motifs is 1. The zero-order valence-corrected chi connectivity index (χ0v) is 20.7. The minimum absolute atomic E-state index is 0.185. The number of carbonyl (C=O) groups is 1. The first-order valence-corrected chi connectivity index (χ1v) is 12.8. The van der Waals surface area contributed by atoms with Crippen molar-refractivity contribution in [2.24, 2.45) is 0 Å². The van der Waals surface area contributed by atoms with E-state index < -0.39 is 6.09 Å². The van der Waals surface area contributed by atoms with Crippen molar-refractivity contribution in [3.05, 3.63) is 66.6 Å². The number of benzene rings is 2. The number of rotatable bonds is 5. The first kappa shape index (κ1) is 23.6. The molecule has 0 saturated carbocycles. The van der Waals surface area contributed by atoms with E-state index in [1.54, 1.807) is 6.20 Å². The number of ether oxygens (including phenoxy) is 1. The summed E-state index contributed by atoms with van der Waals surface area (Å²) in [4.78, 5) is 24.8. The quantitative estimate of drug-likeness (QED) is 0.438. The molecule has 6 rings (SSSR count). The van der Waals surface area contributed by atoms with Gasteiger partial charge in [-0.05, 0) is 30.0 Å². The molecule has 190 valence electrons. The molecular weight excluding hydrogens is 468 g/mol. The average Bonchev–Trinajstić information content (AvgIpc) is 3.44. The van der Waals surface area contributed by atoms with Gasteiger partial charge in [0.05, 0.1) is 48.4 Å². The Kier molecular flexibility index (Phi) is 6.55. The van der Waals surface area contributed by atoms with Gasteiger partial charge in [0.2, 0.25) is 0 Å². The van der Waals surface area contributed by atoms with Gasteiger partial charge in [0, 0.05) is 50.0 Å². The lowest BCUT2D eigenvalue weighted by atomic mass is 10.0. The number of nitrogens with zero attached hydrogens (tertiary/aromatic N) is 6. The smallest absolute Gasteiger partial charge is 0.407 e. The van der Waals surface area contributed by atoms with E-state index in [-0.39, 0.29) is 6.04 Å². The van der Waals surface area contributed by atoms with Crippen LogP contribution in [0.1, 0.15) is 24.4 Å². The second kappa shape index (κ2) is 10.3. The third kappa shape index (κ3) is 5.05. The molecule has 0 bridgehead atoms. The van der Waals surface area contributed by atoms with Crippen molar-refractivity contribution in [2.45, 2.75) is 25.4 Å². The van der Waals surface area contributed by atoms with Gasteiger partial charge in [0.25, 0.3) is 0 Å². The Labute approximate surface area is 215 Å².